The molecule has 1 aromatic rings. The lowest BCUT2D eigenvalue weighted by atomic mass is 10.1. The first kappa shape index (κ1) is 15.0. The third kappa shape index (κ3) is 5.06. The van der Waals surface area contributed by atoms with E-state index in [1.807, 2.05) is 21.0 Å². The fourth-order valence-electron chi connectivity index (χ4n) is 1.72. The quantitative estimate of drug-likeness (QED) is 0.875. The second-order valence-corrected chi connectivity index (χ2v) is 4.74. The summed E-state index contributed by atoms with van der Waals surface area (Å²) in [5, 5.41) is 3.27. The molecule has 0 saturated carbocycles. The fraction of sp³-hybridized carbons (Fsp3) is 0.538. The van der Waals surface area contributed by atoms with Crippen molar-refractivity contribution in [1.29, 1.82) is 0 Å². The summed E-state index contributed by atoms with van der Waals surface area (Å²) in [7, 11) is 3.96. The molecule has 0 radical (unpaired) electrons. The van der Waals surface area contributed by atoms with Gasteiger partial charge in [-0.3, -0.25) is 0 Å². The second-order valence-electron chi connectivity index (χ2n) is 4.74. The predicted octanol–water partition coefficient (Wildman–Crippen LogP) is 2.75. The Morgan fingerprint density at radius 3 is 2.17 bits per heavy atom. The molecule has 0 aliphatic rings. The molecule has 102 valence electrons. The van der Waals surface area contributed by atoms with E-state index in [9.17, 15) is 13.2 Å². The van der Waals surface area contributed by atoms with Crippen LogP contribution in [0.3, 0.4) is 0 Å². The van der Waals surface area contributed by atoms with E-state index in [0.717, 1.165) is 24.2 Å². The Kier molecular flexibility index (Phi) is 5.16. The molecule has 0 amide bonds. The van der Waals surface area contributed by atoms with E-state index in [4.69, 9.17) is 0 Å². The number of benzene rings is 1. The summed E-state index contributed by atoms with van der Waals surface area (Å²) < 4.78 is 37.1. The van der Waals surface area contributed by atoms with E-state index in [1.54, 1.807) is 0 Å². The van der Waals surface area contributed by atoms with E-state index < -0.39 is 11.7 Å². The Morgan fingerprint density at radius 2 is 1.72 bits per heavy atom. The SMILES string of the molecule is CC(CN(C)C)NCc1ccc(C(F)(F)F)cc1. The largest absolute Gasteiger partial charge is 0.416 e. The van der Waals surface area contributed by atoms with Crippen LogP contribution in [-0.4, -0.2) is 31.6 Å². The number of halogens is 3. The number of nitrogens with zero attached hydrogens (tertiary/aromatic N) is 1. The normalized spacial score (nSPS) is 13.9. The van der Waals surface area contributed by atoms with Gasteiger partial charge in [0.15, 0.2) is 0 Å². The topological polar surface area (TPSA) is 15.3 Å². The van der Waals surface area contributed by atoms with Gasteiger partial charge in [-0.2, -0.15) is 13.2 Å². The summed E-state index contributed by atoms with van der Waals surface area (Å²) in [6.07, 6.45) is -4.26. The minimum Gasteiger partial charge on any atom is -0.309 e. The molecule has 1 aromatic carbocycles. The molecule has 1 atom stereocenters. The molecule has 1 unspecified atom stereocenters. The number of likely N-dealkylation sites (N-methyl/N-ethyl adjacent to an activating group) is 1. The maximum Gasteiger partial charge on any atom is 0.416 e. The van der Waals surface area contributed by atoms with Gasteiger partial charge >= 0.3 is 6.18 Å². The van der Waals surface area contributed by atoms with Crippen LogP contribution >= 0.6 is 0 Å². The summed E-state index contributed by atoms with van der Waals surface area (Å²) in [6.45, 7) is 3.51. The Bertz CT molecular complexity index is 357. The Hall–Kier alpha value is -1.07. The van der Waals surface area contributed by atoms with E-state index in [2.05, 4.69) is 10.2 Å². The van der Waals surface area contributed by atoms with Crippen LogP contribution in [0.4, 0.5) is 13.2 Å². The highest BCUT2D eigenvalue weighted by atomic mass is 19.4. The van der Waals surface area contributed by atoms with Crippen LogP contribution in [-0.2, 0) is 12.7 Å². The minimum absolute atomic E-state index is 0.294. The van der Waals surface area contributed by atoms with Crippen molar-refractivity contribution in [1.82, 2.24) is 10.2 Å². The maximum absolute atomic E-state index is 12.4. The molecule has 18 heavy (non-hydrogen) atoms. The van der Waals surface area contributed by atoms with Crippen LogP contribution in [0.5, 0.6) is 0 Å². The lowest BCUT2D eigenvalue weighted by molar-refractivity contribution is -0.137. The molecule has 1 N–H and O–H groups in total. The van der Waals surface area contributed by atoms with Crippen LogP contribution in [0.15, 0.2) is 24.3 Å². The Balaban J connectivity index is 2.49. The number of hydrogen-bond acceptors (Lipinski definition) is 2. The molecule has 5 heteroatoms. The van der Waals surface area contributed by atoms with Crippen molar-refractivity contribution in [2.24, 2.45) is 0 Å². The van der Waals surface area contributed by atoms with Crippen LogP contribution in [0, 0.1) is 0 Å². The lowest BCUT2D eigenvalue weighted by Gasteiger charge is -2.18. The van der Waals surface area contributed by atoms with Crippen molar-refractivity contribution in [3.05, 3.63) is 35.4 Å². The van der Waals surface area contributed by atoms with Gasteiger partial charge in [-0.15, -0.1) is 0 Å². The average Bonchev–Trinajstić information content (AvgIpc) is 2.25. The highest BCUT2D eigenvalue weighted by Crippen LogP contribution is 2.28. The zero-order valence-corrected chi connectivity index (χ0v) is 10.9. The zero-order valence-electron chi connectivity index (χ0n) is 10.9. The number of rotatable bonds is 5. The average molecular weight is 260 g/mol. The molecule has 0 fully saturated rings. The first-order chi connectivity index (χ1) is 8.29. The number of alkyl halides is 3. The van der Waals surface area contributed by atoms with Crippen molar-refractivity contribution in [3.8, 4) is 0 Å². The first-order valence-corrected chi connectivity index (χ1v) is 5.83. The van der Waals surface area contributed by atoms with Gasteiger partial charge in [-0.1, -0.05) is 12.1 Å². The highest BCUT2D eigenvalue weighted by molar-refractivity contribution is 5.24. The fourth-order valence-corrected chi connectivity index (χ4v) is 1.72. The Labute approximate surface area is 106 Å². The Morgan fingerprint density at radius 1 is 1.17 bits per heavy atom. The minimum atomic E-state index is -4.26. The van der Waals surface area contributed by atoms with Gasteiger partial charge < -0.3 is 10.2 Å². The molecule has 0 heterocycles. The molecular weight excluding hydrogens is 241 g/mol. The molecule has 0 spiro atoms. The summed E-state index contributed by atoms with van der Waals surface area (Å²) in [5.74, 6) is 0. The molecule has 0 saturated heterocycles. The lowest BCUT2D eigenvalue weighted by Crippen LogP contribution is -2.35. The molecule has 1 rings (SSSR count). The zero-order chi connectivity index (χ0) is 13.8. The maximum atomic E-state index is 12.4. The van der Waals surface area contributed by atoms with E-state index in [-0.39, 0.29) is 0 Å². The van der Waals surface area contributed by atoms with Gasteiger partial charge in [0.25, 0.3) is 0 Å². The first-order valence-electron chi connectivity index (χ1n) is 5.83. The summed E-state index contributed by atoms with van der Waals surface area (Å²) in [5.41, 5.74) is 0.251. The molecule has 2 nitrogen and oxygen atoms in total. The highest BCUT2D eigenvalue weighted by Gasteiger charge is 2.29. The monoisotopic (exact) mass is 260 g/mol. The molecule has 0 bridgehead atoms. The smallest absolute Gasteiger partial charge is 0.309 e. The summed E-state index contributed by atoms with van der Waals surface area (Å²) in [4.78, 5) is 2.06. The van der Waals surface area contributed by atoms with Gasteiger partial charge in [0.05, 0.1) is 5.56 Å². The number of nitrogens with one attached hydrogen (secondary N) is 1. The summed E-state index contributed by atoms with van der Waals surface area (Å²) >= 11 is 0. The van der Waals surface area contributed by atoms with Crippen molar-refractivity contribution >= 4 is 0 Å². The van der Waals surface area contributed by atoms with Gasteiger partial charge in [-0.25, -0.2) is 0 Å². The molecular formula is C13H19F3N2. The van der Waals surface area contributed by atoms with E-state index in [0.29, 0.717) is 12.6 Å². The molecule has 0 aliphatic heterocycles. The van der Waals surface area contributed by atoms with Crippen molar-refractivity contribution in [2.45, 2.75) is 25.7 Å². The van der Waals surface area contributed by atoms with E-state index in [1.165, 1.54) is 12.1 Å². The molecule has 0 aliphatic carbocycles. The van der Waals surface area contributed by atoms with Crippen LogP contribution < -0.4 is 5.32 Å². The van der Waals surface area contributed by atoms with Gasteiger partial charge in [0, 0.05) is 19.1 Å². The predicted molar refractivity (Wildman–Crippen MR) is 66.3 cm³/mol. The van der Waals surface area contributed by atoms with Crippen molar-refractivity contribution in [3.63, 3.8) is 0 Å². The van der Waals surface area contributed by atoms with Crippen LogP contribution in [0.25, 0.3) is 0 Å². The van der Waals surface area contributed by atoms with Gasteiger partial charge in [-0.05, 0) is 38.7 Å². The molecule has 0 aromatic heterocycles. The van der Waals surface area contributed by atoms with Crippen LogP contribution in [0.2, 0.25) is 0 Å². The van der Waals surface area contributed by atoms with Crippen LogP contribution in [0.1, 0.15) is 18.1 Å². The van der Waals surface area contributed by atoms with Crippen molar-refractivity contribution < 1.29 is 13.2 Å². The summed E-state index contributed by atoms with van der Waals surface area (Å²) in [6, 6.07) is 5.56. The van der Waals surface area contributed by atoms with Crippen molar-refractivity contribution in [2.75, 3.05) is 20.6 Å². The second kappa shape index (κ2) is 6.20. The van der Waals surface area contributed by atoms with Gasteiger partial charge in [0.2, 0.25) is 0 Å². The number of hydrogen-bond donors (Lipinski definition) is 1. The van der Waals surface area contributed by atoms with E-state index >= 15 is 0 Å². The third-order valence-electron chi connectivity index (χ3n) is 2.57. The third-order valence-corrected chi connectivity index (χ3v) is 2.57. The standard InChI is InChI=1S/C13H19F3N2/c1-10(9-18(2)3)17-8-11-4-6-12(7-5-11)13(14,15)16/h4-7,10,17H,8-9H2,1-3H3. The van der Waals surface area contributed by atoms with Gasteiger partial charge in [0.1, 0.15) is 0 Å².